The van der Waals surface area contributed by atoms with Crippen molar-refractivity contribution in [3.63, 3.8) is 0 Å². The topological polar surface area (TPSA) is 72.7 Å². The Bertz CT molecular complexity index is 1010. The zero-order valence-corrected chi connectivity index (χ0v) is 18.0. The van der Waals surface area contributed by atoms with Gasteiger partial charge >= 0.3 is 5.97 Å². The van der Waals surface area contributed by atoms with E-state index in [9.17, 15) is 9.59 Å². The van der Waals surface area contributed by atoms with Gasteiger partial charge < -0.3 is 15.0 Å². The van der Waals surface area contributed by atoms with Crippen LogP contribution in [0.15, 0.2) is 48.5 Å². The van der Waals surface area contributed by atoms with Crippen LogP contribution in [0.1, 0.15) is 48.1 Å². The zero-order valence-electron chi connectivity index (χ0n) is 17.2. The van der Waals surface area contributed by atoms with Crippen LogP contribution in [0.2, 0.25) is 0 Å². The van der Waals surface area contributed by atoms with Crippen molar-refractivity contribution in [1.29, 1.82) is 0 Å². The van der Waals surface area contributed by atoms with Gasteiger partial charge in [-0.15, -0.1) is 11.3 Å². The summed E-state index contributed by atoms with van der Waals surface area (Å²) in [6.45, 7) is 5.00. The Morgan fingerprint density at radius 3 is 2.70 bits per heavy atom. The molecule has 1 amide bonds. The minimum atomic E-state index is -0.358. The van der Waals surface area contributed by atoms with Gasteiger partial charge in [-0.25, -0.2) is 9.78 Å². The normalized spacial score (nSPS) is 18.6. The first kappa shape index (κ1) is 20.5. The van der Waals surface area contributed by atoms with Crippen LogP contribution in [0, 0.1) is 0 Å². The van der Waals surface area contributed by atoms with Crippen LogP contribution in [-0.4, -0.2) is 36.1 Å². The summed E-state index contributed by atoms with van der Waals surface area (Å²) in [7, 11) is 0. The number of hydrogen-bond donors (Lipinski definition) is 2. The highest BCUT2D eigenvalue weighted by Gasteiger charge is 2.34. The summed E-state index contributed by atoms with van der Waals surface area (Å²) in [5.41, 5.74) is 2.18. The molecule has 1 aromatic heterocycles. The molecule has 4 rings (SSSR count). The van der Waals surface area contributed by atoms with E-state index in [0.717, 1.165) is 29.9 Å². The van der Waals surface area contributed by atoms with Crippen LogP contribution in [-0.2, 0) is 9.53 Å². The van der Waals surface area contributed by atoms with Gasteiger partial charge in [0.05, 0.1) is 28.4 Å². The number of hydrogen-bond acceptors (Lipinski definition) is 5. The second-order valence-electron chi connectivity index (χ2n) is 7.88. The van der Waals surface area contributed by atoms with Gasteiger partial charge in [-0.05, 0) is 50.2 Å². The van der Waals surface area contributed by atoms with Crippen LogP contribution in [0.25, 0.3) is 10.2 Å². The van der Waals surface area contributed by atoms with Crippen molar-refractivity contribution < 1.29 is 19.2 Å². The van der Waals surface area contributed by atoms with Crippen LogP contribution in [0.4, 0.5) is 5.69 Å². The number of quaternary nitrogens is 1. The van der Waals surface area contributed by atoms with Crippen molar-refractivity contribution in [1.82, 2.24) is 4.98 Å². The Hall–Kier alpha value is -2.77. The largest absolute Gasteiger partial charge is 0.459 e. The zero-order chi connectivity index (χ0) is 21.1. The summed E-state index contributed by atoms with van der Waals surface area (Å²) in [6.07, 6.45) is 1.98. The van der Waals surface area contributed by atoms with Crippen LogP contribution >= 0.6 is 11.3 Å². The fraction of sp³-hybridized carbons (Fsp3) is 0.348. The van der Waals surface area contributed by atoms with E-state index in [4.69, 9.17) is 9.72 Å². The summed E-state index contributed by atoms with van der Waals surface area (Å²) < 4.78 is 6.38. The van der Waals surface area contributed by atoms with Crippen molar-refractivity contribution >= 4 is 39.1 Å². The van der Waals surface area contributed by atoms with Crippen LogP contribution in [0.5, 0.6) is 0 Å². The molecule has 1 aliphatic rings. The van der Waals surface area contributed by atoms with Crippen LogP contribution < -0.4 is 10.2 Å². The molecule has 30 heavy (non-hydrogen) atoms. The quantitative estimate of drug-likeness (QED) is 0.596. The first-order valence-corrected chi connectivity index (χ1v) is 11.1. The molecule has 0 aliphatic carbocycles. The maximum atomic E-state index is 12.6. The van der Waals surface area contributed by atoms with Crippen molar-refractivity contribution in [2.75, 3.05) is 18.4 Å². The van der Waals surface area contributed by atoms with E-state index < -0.39 is 0 Å². The summed E-state index contributed by atoms with van der Waals surface area (Å²) in [5.74, 6) is -0.390. The minimum absolute atomic E-state index is 0.0319. The summed E-state index contributed by atoms with van der Waals surface area (Å²) in [4.78, 5) is 30.6. The number of esters is 1. The molecule has 1 unspecified atom stereocenters. The highest BCUT2D eigenvalue weighted by Crippen LogP contribution is 2.28. The standard InChI is InChI=1S/C23H25N3O3S/c1-15(2)29-23(28)16-9-11-17(12-10-16)24-21(27)14-26-13-5-7-19(26)22-25-18-6-3-4-8-20(18)30-22/h3-4,6,8-12,15,19H,5,7,13-14H2,1-2H3,(H,24,27)/p+1/t19-/m1/s1. The van der Waals surface area contributed by atoms with Gasteiger partial charge in [-0.1, -0.05) is 12.1 Å². The van der Waals surface area contributed by atoms with E-state index in [-0.39, 0.29) is 24.0 Å². The van der Waals surface area contributed by atoms with E-state index in [1.54, 1.807) is 35.6 Å². The van der Waals surface area contributed by atoms with Crippen molar-refractivity contribution in [3.05, 3.63) is 59.1 Å². The van der Waals surface area contributed by atoms with E-state index in [1.165, 1.54) is 9.60 Å². The summed E-state index contributed by atoms with van der Waals surface area (Å²) in [5, 5.41) is 4.06. The highest BCUT2D eigenvalue weighted by atomic mass is 32.1. The monoisotopic (exact) mass is 424 g/mol. The van der Waals surface area contributed by atoms with Gasteiger partial charge in [0.1, 0.15) is 6.04 Å². The van der Waals surface area contributed by atoms with Crippen LogP contribution in [0.3, 0.4) is 0 Å². The third kappa shape index (κ3) is 4.68. The van der Waals surface area contributed by atoms with Crippen molar-refractivity contribution in [2.24, 2.45) is 0 Å². The lowest BCUT2D eigenvalue weighted by Crippen LogP contribution is -3.11. The molecule has 1 saturated heterocycles. The molecular weight excluding hydrogens is 398 g/mol. The van der Waals surface area contributed by atoms with E-state index in [1.807, 2.05) is 32.0 Å². The number of para-hydroxylation sites is 1. The Balaban J connectivity index is 1.37. The van der Waals surface area contributed by atoms with Crippen molar-refractivity contribution in [2.45, 2.75) is 38.8 Å². The van der Waals surface area contributed by atoms with Gasteiger partial charge in [0.25, 0.3) is 5.91 Å². The Morgan fingerprint density at radius 1 is 1.20 bits per heavy atom. The lowest BCUT2D eigenvalue weighted by molar-refractivity contribution is -0.910. The molecule has 6 nitrogen and oxygen atoms in total. The number of amides is 1. The summed E-state index contributed by atoms with van der Waals surface area (Å²) in [6, 6.07) is 15.3. The molecule has 0 radical (unpaired) electrons. The predicted molar refractivity (Wildman–Crippen MR) is 118 cm³/mol. The number of carbonyl (C=O) groups excluding carboxylic acids is 2. The fourth-order valence-electron chi connectivity index (χ4n) is 3.84. The number of nitrogens with zero attached hydrogens (tertiary/aromatic N) is 1. The number of fused-ring (bicyclic) bond motifs is 1. The number of anilines is 1. The first-order valence-electron chi connectivity index (χ1n) is 10.3. The number of nitrogens with one attached hydrogen (secondary N) is 2. The first-order chi connectivity index (χ1) is 14.5. The van der Waals surface area contributed by atoms with E-state index >= 15 is 0 Å². The number of thiazole rings is 1. The predicted octanol–water partition coefficient (Wildman–Crippen LogP) is 3.22. The number of aromatic nitrogens is 1. The molecule has 0 bridgehead atoms. The molecular formula is C23H26N3O3S+. The molecule has 2 atom stereocenters. The Kier molecular flexibility index (Phi) is 6.11. The van der Waals surface area contributed by atoms with Gasteiger partial charge in [-0.3, -0.25) is 4.79 Å². The van der Waals surface area contributed by atoms with Gasteiger partial charge in [0, 0.05) is 18.5 Å². The fourth-order valence-corrected chi connectivity index (χ4v) is 5.00. The number of likely N-dealkylation sites (tertiary alicyclic amines) is 1. The second-order valence-corrected chi connectivity index (χ2v) is 8.94. The highest BCUT2D eigenvalue weighted by molar-refractivity contribution is 7.18. The summed E-state index contributed by atoms with van der Waals surface area (Å²) >= 11 is 1.73. The molecule has 156 valence electrons. The smallest absolute Gasteiger partial charge is 0.338 e. The maximum absolute atomic E-state index is 12.6. The molecule has 1 aliphatic heterocycles. The van der Waals surface area contributed by atoms with E-state index in [2.05, 4.69) is 11.4 Å². The second kappa shape index (κ2) is 8.93. The third-order valence-electron chi connectivity index (χ3n) is 5.23. The molecule has 2 N–H and O–H groups in total. The average Bonchev–Trinajstić information content (AvgIpc) is 3.34. The third-order valence-corrected chi connectivity index (χ3v) is 6.38. The lowest BCUT2D eigenvalue weighted by Gasteiger charge is -2.19. The number of ether oxygens (including phenoxy) is 1. The average molecular weight is 425 g/mol. The maximum Gasteiger partial charge on any atom is 0.338 e. The SMILES string of the molecule is CC(C)OC(=O)c1ccc(NC(=O)C[NH+]2CCC[C@@H]2c2nc3ccccc3s2)cc1. The lowest BCUT2D eigenvalue weighted by atomic mass is 10.2. The molecule has 2 heterocycles. The number of benzene rings is 2. The Morgan fingerprint density at radius 2 is 1.97 bits per heavy atom. The minimum Gasteiger partial charge on any atom is -0.459 e. The molecule has 7 heteroatoms. The van der Waals surface area contributed by atoms with Gasteiger partial charge in [0.15, 0.2) is 11.6 Å². The number of carbonyl (C=O) groups is 2. The van der Waals surface area contributed by atoms with Gasteiger partial charge in [0.2, 0.25) is 0 Å². The number of rotatable bonds is 6. The molecule has 0 spiro atoms. The van der Waals surface area contributed by atoms with E-state index in [0.29, 0.717) is 17.8 Å². The molecule has 1 fully saturated rings. The van der Waals surface area contributed by atoms with Gasteiger partial charge in [-0.2, -0.15) is 0 Å². The molecule has 2 aromatic carbocycles. The Labute approximate surface area is 179 Å². The molecule has 3 aromatic rings. The van der Waals surface area contributed by atoms with Crippen molar-refractivity contribution in [3.8, 4) is 0 Å². The molecule has 0 saturated carbocycles.